The van der Waals surface area contributed by atoms with Gasteiger partial charge < -0.3 is 19.3 Å². The number of hydrogen-bond acceptors (Lipinski definition) is 8. The topological polar surface area (TPSA) is 105 Å². The van der Waals surface area contributed by atoms with E-state index in [-0.39, 0.29) is 16.9 Å². The van der Waals surface area contributed by atoms with Crippen LogP contribution in [0.15, 0.2) is 41.3 Å². The Kier molecular flexibility index (Phi) is 7.68. The zero-order valence-corrected chi connectivity index (χ0v) is 21.2. The largest absolute Gasteiger partial charge is 0.473 e. The van der Waals surface area contributed by atoms with Gasteiger partial charge in [0, 0.05) is 50.9 Å². The quantitative estimate of drug-likeness (QED) is 0.577. The number of carbonyl (C=O) groups is 1. The van der Waals surface area contributed by atoms with Crippen LogP contribution in [0.3, 0.4) is 0 Å². The van der Waals surface area contributed by atoms with E-state index in [1.54, 1.807) is 17.0 Å². The molecule has 0 atom stereocenters. The zero-order chi connectivity index (χ0) is 25.0. The number of sulfonamides is 1. The molecule has 5 rings (SSSR count). The van der Waals surface area contributed by atoms with Gasteiger partial charge in [-0.3, -0.25) is 4.79 Å². The number of amides is 1. The molecule has 1 saturated carbocycles. The molecule has 1 amide bonds. The van der Waals surface area contributed by atoms with Crippen molar-refractivity contribution in [2.45, 2.75) is 43.1 Å². The van der Waals surface area contributed by atoms with Gasteiger partial charge in [-0.25, -0.2) is 8.42 Å². The summed E-state index contributed by atoms with van der Waals surface area (Å²) in [5, 5.41) is 8.60. The number of rotatable bonds is 6. The molecular weight excluding hydrogens is 482 g/mol. The van der Waals surface area contributed by atoms with Crippen LogP contribution in [0.1, 0.15) is 42.5 Å². The Hall–Kier alpha value is -2.76. The SMILES string of the molecule is O=C(c1ccc(S(=O)(=O)N2CCOCC2)cc1)N1CCN(c2ccc(OC3CCCCC3)nn2)CC1. The van der Waals surface area contributed by atoms with E-state index >= 15 is 0 Å². The smallest absolute Gasteiger partial charge is 0.253 e. The fourth-order valence-corrected chi connectivity index (χ4v) is 6.33. The summed E-state index contributed by atoms with van der Waals surface area (Å²) in [5.41, 5.74) is 0.480. The molecule has 194 valence electrons. The molecule has 0 spiro atoms. The Morgan fingerprint density at radius 2 is 1.56 bits per heavy atom. The molecule has 0 radical (unpaired) electrons. The number of ether oxygens (including phenoxy) is 2. The van der Waals surface area contributed by atoms with E-state index < -0.39 is 10.0 Å². The predicted molar refractivity (Wildman–Crippen MR) is 134 cm³/mol. The van der Waals surface area contributed by atoms with Gasteiger partial charge in [-0.1, -0.05) is 6.42 Å². The monoisotopic (exact) mass is 515 g/mol. The lowest BCUT2D eigenvalue weighted by molar-refractivity contribution is 0.0730. The van der Waals surface area contributed by atoms with Crippen LogP contribution in [0, 0.1) is 0 Å². The minimum absolute atomic E-state index is 0.104. The van der Waals surface area contributed by atoms with Crippen LogP contribution < -0.4 is 9.64 Å². The van der Waals surface area contributed by atoms with Crippen LogP contribution in [-0.4, -0.2) is 92.3 Å². The highest BCUT2D eigenvalue weighted by Crippen LogP contribution is 2.23. The van der Waals surface area contributed by atoms with Crippen molar-refractivity contribution in [3.63, 3.8) is 0 Å². The molecule has 0 bridgehead atoms. The molecule has 3 aliphatic rings. The number of carbonyl (C=O) groups excluding carboxylic acids is 1. The molecule has 10 nitrogen and oxygen atoms in total. The second kappa shape index (κ2) is 11.1. The van der Waals surface area contributed by atoms with E-state index in [4.69, 9.17) is 9.47 Å². The number of morpholine rings is 1. The van der Waals surface area contributed by atoms with Gasteiger partial charge in [-0.2, -0.15) is 4.31 Å². The molecule has 0 unspecified atom stereocenters. The molecule has 1 aromatic heterocycles. The lowest BCUT2D eigenvalue weighted by Gasteiger charge is -2.35. The summed E-state index contributed by atoms with van der Waals surface area (Å²) in [4.78, 5) is 17.1. The summed E-state index contributed by atoms with van der Waals surface area (Å²) in [6.07, 6.45) is 6.08. The standard InChI is InChI=1S/C25H33N5O5S/c31-25(20-6-8-22(9-7-20)36(32,33)30-16-18-34-19-17-30)29-14-12-28(13-15-29)23-10-11-24(27-26-23)35-21-4-2-1-3-5-21/h6-11,21H,1-5,12-19H2. The highest BCUT2D eigenvalue weighted by Gasteiger charge is 2.27. The molecule has 36 heavy (non-hydrogen) atoms. The number of anilines is 1. The first-order valence-electron chi connectivity index (χ1n) is 12.7. The van der Waals surface area contributed by atoms with Crippen molar-refractivity contribution in [3.05, 3.63) is 42.0 Å². The fraction of sp³-hybridized carbons (Fsp3) is 0.560. The van der Waals surface area contributed by atoms with E-state index in [9.17, 15) is 13.2 Å². The Labute approximate surface area is 212 Å². The first kappa shape index (κ1) is 24.9. The van der Waals surface area contributed by atoms with Crippen LogP contribution in [0.2, 0.25) is 0 Å². The van der Waals surface area contributed by atoms with Crippen LogP contribution >= 0.6 is 0 Å². The van der Waals surface area contributed by atoms with Crippen molar-refractivity contribution in [1.82, 2.24) is 19.4 Å². The second-order valence-electron chi connectivity index (χ2n) is 9.43. The lowest BCUT2D eigenvalue weighted by atomic mass is 9.98. The average Bonchev–Trinajstić information content (AvgIpc) is 2.94. The van der Waals surface area contributed by atoms with Gasteiger partial charge in [0.2, 0.25) is 15.9 Å². The summed E-state index contributed by atoms with van der Waals surface area (Å²) < 4.78 is 38.3. The zero-order valence-electron chi connectivity index (χ0n) is 20.4. The summed E-state index contributed by atoms with van der Waals surface area (Å²) in [7, 11) is -3.58. The number of benzene rings is 1. The Balaban J connectivity index is 1.14. The normalized spacial score (nSPS) is 20.3. The van der Waals surface area contributed by atoms with Crippen molar-refractivity contribution < 1.29 is 22.7 Å². The lowest BCUT2D eigenvalue weighted by Crippen LogP contribution is -2.49. The Bertz CT molecular complexity index is 1120. The summed E-state index contributed by atoms with van der Waals surface area (Å²) in [6, 6.07) is 10.0. The first-order chi connectivity index (χ1) is 17.5. The molecule has 0 N–H and O–H groups in total. The van der Waals surface area contributed by atoms with Crippen molar-refractivity contribution in [2.24, 2.45) is 0 Å². The van der Waals surface area contributed by atoms with E-state index in [0.29, 0.717) is 63.9 Å². The number of aromatic nitrogens is 2. The molecule has 1 aliphatic carbocycles. The Morgan fingerprint density at radius 1 is 0.861 bits per heavy atom. The molecule has 3 fully saturated rings. The second-order valence-corrected chi connectivity index (χ2v) is 11.4. The minimum Gasteiger partial charge on any atom is -0.473 e. The fourth-order valence-electron chi connectivity index (χ4n) is 4.92. The maximum absolute atomic E-state index is 13.0. The summed E-state index contributed by atoms with van der Waals surface area (Å²) in [5.74, 6) is 1.24. The number of hydrogen-bond donors (Lipinski definition) is 0. The minimum atomic E-state index is -3.58. The highest BCUT2D eigenvalue weighted by molar-refractivity contribution is 7.89. The molecule has 2 aromatic rings. The van der Waals surface area contributed by atoms with Gasteiger partial charge in [0.15, 0.2) is 5.82 Å². The molecule has 2 aliphatic heterocycles. The molecule has 2 saturated heterocycles. The van der Waals surface area contributed by atoms with Gasteiger partial charge >= 0.3 is 0 Å². The van der Waals surface area contributed by atoms with Gasteiger partial charge in [0.05, 0.1) is 18.1 Å². The molecule has 1 aromatic carbocycles. The van der Waals surface area contributed by atoms with Crippen molar-refractivity contribution >= 4 is 21.7 Å². The van der Waals surface area contributed by atoms with E-state index in [0.717, 1.165) is 18.7 Å². The summed E-state index contributed by atoms with van der Waals surface area (Å²) >= 11 is 0. The van der Waals surface area contributed by atoms with Crippen LogP contribution in [-0.2, 0) is 14.8 Å². The number of piperazine rings is 1. The van der Waals surface area contributed by atoms with Gasteiger partial charge in [-0.05, 0) is 56.0 Å². The number of nitrogens with zero attached hydrogens (tertiary/aromatic N) is 5. The predicted octanol–water partition coefficient (Wildman–Crippen LogP) is 2.17. The van der Waals surface area contributed by atoms with Crippen molar-refractivity contribution in [3.8, 4) is 5.88 Å². The third-order valence-electron chi connectivity index (χ3n) is 7.07. The molecular formula is C25H33N5O5S. The van der Waals surface area contributed by atoms with Crippen molar-refractivity contribution in [2.75, 3.05) is 57.4 Å². The van der Waals surface area contributed by atoms with Gasteiger partial charge in [-0.15, -0.1) is 10.2 Å². The van der Waals surface area contributed by atoms with E-state index in [2.05, 4.69) is 15.1 Å². The summed E-state index contributed by atoms with van der Waals surface area (Å²) in [6.45, 7) is 3.86. The van der Waals surface area contributed by atoms with Gasteiger partial charge in [0.1, 0.15) is 6.10 Å². The van der Waals surface area contributed by atoms with E-state index in [1.807, 2.05) is 12.1 Å². The van der Waals surface area contributed by atoms with Gasteiger partial charge in [0.25, 0.3) is 5.91 Å². The first-order valence-corrected chi connectivity index (χ1v) is 14.2. The van der Waals surface area contributed by atoms with Crippen LogP contribution in [0.5, 0.6) is 5.88 Å². The third kappa shape index (κ3) is 5.63. The maximum Gasteiger partial charge on any atom is 0.253 e. The third-order valence-corrected chi connectivity index (χ3v) is 8.98. The van der Waals surface area contributed by atoms with Crippen LogP contribution in [0.25, 0.3) is 0 Å². The molecule has 3 heterocycles. The maximum atomic E-state index is 13.0. The average molecular weight is 516 g/mol. The van der Waals surface area contributed by atoms with Crippen molar-refractivity contribution in [1.29, 1.82) is 0 Å². The molecule has 11 heteroatoms. The Morgan fingerprint density at radius 3 is 2.19 bits per heavy atom. The highest BCUT2D eigenvalue weighted by atomic mass is 32.2. The van der Waals surface area contributed by atoms with Crippen LogP contribution in [0.4, 0.5) is 5.82 Å². The van der Waals surface area contributed by atoms with E-state index in [1.165, 1.54) is 35.7 Å².